The van der Waals surface area contributed by atoms with Crippen molar-refractivity contribution in [3.8, 4) is 0 Å². The van der Waals surface area contributed by atoms with Gasteiger partial charge in [-0.05, 0) is 54.2 Å². The van der Waals surface area contributed by atoms with Crippen molar-refractivity contribution < 1.29 is 9.59 Å². The van der Waals surface area contributed by atoms with E-state index in [0.29, 0.717) is 21.5 Å². The number of allylic oxidation sites excluding steroid dienone is 2. The van der Waals surface area contributed by atoms with Gasteiger partial charge in [0, 0.05) is 15.8 Å². The smallest absolute Gasteiger partial charge is 0.238 e. The summed E-state index contributed by atoms with van der Waals surface area (Å²) in [4.78, 5) is 32.2. The Morgan fingerprint density at radius 2 is 1.71 bits per heavy atom. The van der Waals surface area contributed by atoms with Gasteiger partial charge >= 0.3 is 0 Å². The first-order chi connectivity index (χ1) is 15.0. The monoisotopic (exact) mass is 486 g/mol. The zero-order valence-corrected chi connectivity index (χ0v) is 19.3. The highest BCUT2D eigenvalue weighted by molar-refractivity contribution is 8.00. The van der Waals surface area contributed by atoms with Crippen molar-refractivity contribution in [2.24, 2.45) is 23.7 Å². The highest BCUT2D eigenvalue weighted by Gasteiger charge is 2.59. The van der Waals surface area contributed by atoms with Crippen LogP contribution < -0.4 is 4.90 Å². The van der Waals surface area contributed by atoms with E-state index in [4.69, 9.17) is 23.2 Å². The zero-order chi connectivity index (χ0) is 21.3. The Bertz CT molecular complexity index is 1240. The van der Waals surface area contributed by atoms with Gasteiger partial charge in [-0.25, -0.2) is 9.88 Å². The van der Waals surface area contributed by atoms with Gasteiger partial charge in [-0.2, -0.15) is 0 Å². The molecule has 1 saturated heterocycles. The molecule has 3 aliphatic rings. The van der Waals surface area contributed by atoms with Crippen molar-refractivity contribution in [1.82, 2.24) is 4.98 Å². The molecule has 0 radical (unpaired) electrons. The van der Waals surface area contributed by atoms with Crippen LogP contribution in [0.2, 0.25) is 10.0 Å². The number of halogens is 2. The van der Waals surface area contributed by atoms with Crippen LogP contribution in [0.25, 0.3) is 10.2 Å². The minimum Gasteiger partial charge on any atom is -0.274 e. The number of thioether (sulfide) groups is 1. The average molecular weight is 487 g/mol. The Balaban J connectivity index is 1.26. The summed E-state index contributed by atoms with van der Waals surface area (Å²) in [5.41, 5.74) is 2.38. The largest absolute Gasteiger partial charge is 0.274 e. The maximum absolute atomic E-state index is 13.1. The SMILES string of the molecule is O=C1[C@@H]2[C@H](C(=O)N1c1ccc3nc(SCc4c(Cl)cccc4Cl)sc3c1)[C@H]1C=C[C@H]2C1. The fraction of sp³-hybridized carbons (Fsp3) is 0.261. The molecule has 1 saturated carbocycles. The molecule has 1 aromatic heterocycles. The molecule has 31 heavy (non-hydrogen) atoms. The predicted octanol–water partition coefficient (Wildman–Crippen LogP) is 6.21. The van der Waals surface area contributed by atoms with E-state index in [2.05, 4.69) is 17.1 Å². The summed E-state index contributed by atoms with van der Waals surface area (Å²) in [5, 5.41) is 1.28. The molecule has 2 bridgehead atoms. The molecule has 3 aromatic rings. The van der Waals surface area contributed by atoms with Crippen LogP contribution in [0.3, 0.4) is 0 Å². The number of carbonyl (C=O) groups excluding carboxylic acids is 2. The van der Waals surface area contributed by atoms with Crippen LogP contribution >= 0.6 is 46.3 Å². The van der Waals surface area contributed by atoms with Gasteiger partial charge in [0.25, 0.3) is 0 Å². The lowest BCUT2D eigenvalue weighted by Gasteiger charge is -2.17. The summed E-state index contributed by atoms with van der Waals surface area (Å²) in [6.07, 6.45) is 5.16. The predicted molar refractivity (Wildman–Crippen MR) is 126 cm³/mol. The van der Waals surface area contributed by atoms with Crippen molar-refractivity contribution in [2.75, 3.05) is 4.90 Å². The van der Waals surface area contributed by atoms with E-state index in [9.17, 15) is 9.59 Å². The summed E-state index contributed by atoms with van der Waals surface area (Å²) in [6, 6.07) is 11.1. The Morgan fingerprint density at radius 3 is 2.39 bits per heavy atom. The number of rotatable bonds is 4. The van der Waals surface area contributed by atoms with Gasteiger partial charge < -0.3 is 0 Å². The molecule has 0 spiro atoms. The minimum atomic E-state index is -0.189. The molecule has 156 valence electrons. The number of amides is 2. The lowest BCUT2D eigenvalue weighted by atomic mass is 9.85. The number of benzene rings is 2. The van der Waals surface area contributed by atoms with E-state index in [1.54, 1.807) is 23.1 Å². The first-order valence-corrected chi connectivity index (χ1v) is 12.6. The summed E-state index contributed by atoms with van der Waals surface area (Å²) in [6.45, 7) is 0. The van der Waals surface area contributed by atoms with E-state index in [-0.39, 0.29) is 35.5 Å². The number of hydrogen-bond donors (Lipinski definition) is 0. The molecule has 2 heterocycles. The van der Waals surface area contributed by atoms with Crippen LogP contribution in [0.15, 0.2) is 52.9 Å². The number of carbonyl (C=O) groups is 2. The summed E-state index contributed by atoms with van der Waals surface area (Å²) in [7, 11) is 0. The first-order valence-electron chi connectivity index (χ1n) is 10.0. The maximum Gasteiger partial charge on any atom is 0.238 e. The van der Waals surface area contributed by atoms with E-state index < -0.39 is 0 Å². The molecule has 0 unspecified atom stereocenters. The Labute approximate surface area is 197 Å². The highest BCUT2D eigenvalue weighted by atomic mass is 35.5. The third-order valence-electron chi connectivity index (χ3n) is 6.48. The van der Waals surface area contributed by atoms with E-state index >= 15 is 0 Å². The fourth-order valence-corrected chi connectivity index (χ4v) is 7.90. The molecular formula is C23H16Cl2N2O2S2. The van der Waals surface area contributed by atoms with E-state index in [0.717, 1.165) is 26.5 Å². The quantitative estimate of drug-likeness (QED) is 0.250. The molecule has 2 aromatic carbocycles. The minimum absolute atomic E-state index is 0.0568. The van der Waals surface area contributed by atoms with Gasteiger partial charge in [-0.1, -0.05) is 53.2 Å². The topological polar surface area (TPSA) is 50.3 Å². The second-order valence-corrected chi connectivity index (χ2v) is 11.2. The van der Waals surface area contributed by atoms with Gasteiger partial charge in [-0.3, -0.25) is 9.59 Å². The fourth-order valence-electron chi connectivity index (χ4n) is 5.05. The first kappa shape index (κ1) is 19.8. The molecule has 2 fully saturated rings. The van der Waals surface area contributed by atoms with Crippen molar-refractivity contribution in [1.29, 1.82) is 0 Å². The van der Waals surface area contributed by atoms with Gasteiger partial charge in [0.15, 0.2) is 4.34 Å². The van der Waals surface area contributed by atoms with Crippen LogP contribution in [0.4, 0.5) is 5.69 Å². The molecule has 6 rings (SSSR count). The number of fused-ring (bicyclic) bond motifs is 6. The average Bonchev–Trinajstić information content (AvgIpc) is 3.50. The second-order valence-electron chi connectivity index (χ2n) is 8.13. The summed E-state index contributed by atoms with van der Waals surface area (Å²) in [5.74, 6) is 0.550. The number of imide groups is 1. The number of hydrogen-bond acceptors (Lipinski definition) is 5. The van der Waals surface area contributed by atoms with E-state index in [1.165, 1.54) is 4.90 Å². The van der Waals surface area contributed by atoms with Gasteiger partial charge in [0.2, 0.25) is 11.8 Å². The molecule has 1 aliphatic heterocycles. The molecule has 0 N–H and O–H groups in total. The van der Waals surface area contributed by atoms with Crippen molar-refractivity contribution in [3.05, 3.63) is 64.2 Å². The normalized spacial score (nSPS) is 26.5. The lowest BCUT2D eigenvalue weighted by molar-refractivity contribution is -0.123. The number of aromatic nitrogens is 1. The molecule has 4 nitrogen and oxygen atoms in total. The van der Waals surface area contributed by atoms with Crippen molar-refractivity contribution >= 4 is 74.0 Å². The van der Waals surface area contributed by atoms with Gasteiger partial charge in [0.05, 0.1) is 27.7 Å². The number of nitrogens with zero attached hydrogens (tertiary/aromatic N) is 2. The van der Waals surface area contributed by atoms with Crippen LogP contribution in [0.1, 0.15) is 12.0 Å². The van der Waals surface area contributed by atoms with Crippen molar-refractivity contribution in [3.63, 3.8) is 0 Å². The summed E-state index contributed by atoms with van der Waals surface area (Å²) >= 11 is 15.7. The van der Waals surface area contributed by atoms with Crippen LogP contribution in [-0.4, -0.2) is 16.8 Å². The van der Waals surface area contributed by atoms with Crippen molar-refractivity contribution in [2.45, 2.75) is 16.5 Å². The molecule has 4 atom stereocenters. The maximum atomic E-state index is 13.1. The molecule has 2 amide bonds. The molecule has 2 aliphatic carbocycles. The third kappa shape index (κ3) is 3.07. The van der Waals surface area contributed by atoms with Crippen LogP contribution in [0, 0.1) is 23.7 Å². The van der Waals surface area contributed by atoms with Gasteiger partial charge in [0.1, 0.15) is 0 Å². The summed E-state index contributed by atoms with van der Waals surface area (Å²) < 4.78 is 1.84. The second kappa shape index (κ2) is 7.34. The lowest BCUT2D eigenvalue weighted by Crippen LogP contribution is -2.32. The Hall–Kier alpha value is -1.86. The van der Waals surface area contributed by atoms with Gasteiger partial charge in [-0.15, -0.1) is 11.3 Å². The third-order valence-corrected chi connectivity index (χ3v) is 9.38. The molecular weight excluding hydrogens is 471 g/mol. The number of thiazole rings is 1. The number of anilines is 1. The zero-order valence-electron chi connectivity index (χ0n) is 16.1. The van der Waals surface area contributed by atoms with Crippen LogP contribution in [0.5, 0.6) is 0 Å². The molecule has 8 heteroatoms. The highest BCUT2D eigenvalue weighted by Crippen LogP contribution is 2.53. The standard InChI is InChI=1S/C23H16Cl2N2O2S2/c24-15-2-1-3-16(25)14(15)10-30-23-26-17-7-6-13(9-18(17)31-23)27-21(28)19-11-4-5-12(8-11)20(19)22(27)29/h1-7,9,11-12,19-20H,8,10H2/t11-,12-,19-,20+/m0/s1. The van der Waals surface area contributed by atoms with Crippen LogP contribution in [-0.2, 0) is 15.3 Å². The Morgan fingerprint density at radius 1 is 1.03 bits per heavy atom. The Kier molecular flexibility index (Phi) is 4.69. The van der Waals surface area contributed by atoms with E-state index in [1.807, 2.05) is 36.4 Å².